The van der Waals surface area contributed by atoms with Gasteiger partial charge in [0, 0.05) is 39.1 Å². The van der Waals surface area contributed by atoms with Crippen LogP contribution in [0.2, 0.25) is 0 Å². The number of urea groups is 1. The van der Waals surface area contributed by atoms with Gasteiger partial charge in [-0.1, -0.05) is 30.3 Å². The van der Waals surface area contributed by atoms with E-state index in [1.54, 1.807) is 54.5 Å². The molecule has 2 aromatic rings. The number of rotatable bonds is 8. The zero-order chi connectivity index (χ0) is 28.7. The van der Waals surface area contributed by atoms with Crippen molar-refractivity contribution in [1.29, 1.82) is 0 Å². The second-order valence-corrected chi connectivity index (χ2v) is 11.3. The lowest BCUT2D eigenvalue weighted by molar-refractivity contribution is -0.145. The lowest BCUT2D eigenvalue weighted by atomic mass is 10.0. The summed E-state index contributed by atoms with van der Waals surface area (Å²) in [6.07, 6.45) is 0.124. The fourth-order valence-electron chi connectivity index (χ4n) is 4.71. The van der Waals surface area contributed by atoms with E-state index in [0.717, 1.165) is 5.56 Å². The summed E-state index contributed by atoms with van der Waals surface area (Å²) in [5.74, 6) is -0.681. The number of piperazine rings is 1. The monoisotopic (exact) mass is 574 g/mol. The van der Waals surface area contributed by atoms with Crippen molar-refractivity contribution in [1.82, 2.24) is 19.4 Å². The Morgan fingerprint density at radius 1 is 0.975 bits per heavy atom. The molecule has 2 aromatic carbocycles. The molecule has 0 bridgehead atoms. The highest BCUT2D eigenvalue weighted by atomic mass is 32.2. The molecule has 2 aliphatic heterocycles. The van der Waals surface area contributed by atoms with Gasteiger partial charge < -0.3 is 29.3 Å². The van der Waals surface area contributed by atoms with Gasteiger partial charge in [0.05, 0.1) is 32.3 Å². The van der Waals surface area contributed by atoms with Crippen LogP contribution in [0.5, 0.6) is 5.75 Å². The van der Waals surface area contributed by atoms with E-state index < -0.39 is 34.0 Å². The van der Waals surface area contributed by atoms with E-state index in [-0.39, 0.29) is 37.0 Å². The van der Waals surface area contributed by atoms with Crippen LogP contribution in [0.15, 0.2) is 59.5 Å². The summed E-state index contributed by atoms with van der Waals surface area (Å²) in [5.41, 5.74) is 0.745. The van der Waals surface area contributed by atoms with Crippen LogP contribution in [-0.4, -0.2) is 113 Å². The number of hydrogen-bond acceptors (Lipinski definition) is 8. The Kier molecular flexibility index (Phi) is 9.61. The molecule has 0 spiro atoms. The Morgan fingerprint density at radius 2 is 1.65 bits per heavy atom. The summed E-state index contributed by atoms with van der Waals surface area (Å²) in [7, 11) is -1.16. The number of carbonyl (C=O) groups is 3. The third kappa shape index (κ3) is 6.72. The topological polar surface area (TPSA) is 135 Å². The Labute approximate surface area is 233 Å². The average molecular weight is 575 g/mol. The normalized spacial score (nSPS) is 19.0. The number of carbonyl (C=O) groups excluding carboxylic acids is 3. The van der Waals surface area contributed by atoms with Gasteiger partial charge in [0.2, 0.25) is 15.9 Å². The standard InChI is InChI=1S/C27H34N4O8S/c1-37-21-10-8-20(9-11-21)18-23(26(33)38-2)28-25(32)24-19-30(40(35,36)22-6-4-3-5-7-22)12-13-31(24)27(34)29-14-16-39-17-15-29/h3-11,23-24H,12-19H2,1-2H3,(H,28,32)/t23-,24+/m0/s1. The SMILES string of the molecule is COC(=O)[C@H](Cc1ccc(OC)cc1)NC(=O)[C@H]1CN(S(=O)(=O)c2ccccc2)CCN1C(=O)N1CCOCC1. The largest absolute Gasteiger partial charge is 0.497 e. The minimum absolute atomic E-state index is 0.00170. The molecule has 216 valence electrons. The molecular weight excluding hydrogens is 540 g/mol. The van der Waals surface area contributed by atoms with Crippen molar-refractivity contribution >= 4 is 27.9 Å². The highest BCUT2D eigenvalue weighted by Crippen LogP contribution is 2.22. The van der Waals surface area contributed by atoms with E-state index in [2.05, 4.69) is 5.32 Å². The van der Waals surface area contributed by atoms with Gasteiger partial charge in [0.25, 0.3) is 0 Å². The fraction of sp³-hybridized carbons (Fsp3) is 0.444. The molecule has 0 aromatic heterocycles. The van der Waals surface area contributed by atoms with E-state index in [1.807, 2.05) is 0 Å². The second-order valence-electron chi connectivity index (χ2n) is 9.40. The van der Waals surface area contributed by atoms with Crippen molar-refractivity contribution in [2.75, 3.05) is 60.2 Å². The summed E-state index contributed by atoms with van der Waals surface area (Å²) < 4.78 is 43.4. The molecule has 2 saturated heterocycles. The highest BCUT2D eigenvalue weighted by molar-refractivity contribution is 7.89. The number of morpholine rings is 1. The Hall–Kier alpha value is -3.68. The third-order valence-corrected chi connectivity index (χ3v) is 8.83. The van der Waals surface area contributed by atoms with E-state index in [0.29, 0.717) is 32.1 Å². The van der Waals surface area contributed by atoms with Crippen LogP contribution >= 0.6 is 0 Å². The van der Waals surface area contributed by atoms with Crippen LogP contribution < -0.4 is 10.1 Å². The summed E-state index contributed by atoms with van der Waals surface area (Å²) in [6, 6.07) is 12.3. The van der Waals surface area contributed by atoms with Gasteiger partial charge in [-0.25, -0.2) is 18.0 Å². The van der Waals surface area contributed by atoms with Crippen LogP contribution in [0.3, 0.4) is 0 Å². The Morgan fingerprint density at radius 3 is 2.27 bits per heavy atom. The number of nitrogens with one attached hydrogen (secondary N) is 1. The van der Waals surface area contributed by atoms with E-state index in [9.17, 15) is 22.8 Å². The molecule has 0 radical (unpaired) electrons. The maximum absolute atomic E-state index is 13.7. The Bertz CT molecular complexity index is 1280. The van der Waals surface area contributed by atoms with Crippen molar-refractivity contribution in [2.45, 2.75) is 23.4 Å². The minimum atomic E-state index is -3.93. The van der Waals surface area contributed by atoms with Crippen LogP contribution in [0.4, 0.5) is 4.79 Å². The summed E-state index contributed by atoms with van der Waals surface area (Å²) in [6.45, 7) is 1.21. The average Bonchev–Trinajstić information content (AvgIpc) is 3.00. The quantitative estimate of drug-likeness (QED) is 0.456. The number of esters is 1. The summed E-state index contributed by atoms with van der Waals surface area (Å²) in [5, 5.41) is 2.71. The first-order chi connectivity index (χ1) is 19.2. The molecule has 1 N–H and O–H groups in total. The molecule has 3 amide bonds. The van der Waals surface area contributed by atoms with Gasteiger partial charge in [0.15, 0.2) is 0 Å². The highest BCUT2D eigenvalue weighted by Gasteiger charge is 2.42. The molecule has 4 rings (SSSR count). The number of nitrogens with zero attached hydrogens (tertiary/aromatic N) is 3. The molecule has 13 heteroatoms. The molecule has 0 saturated carbocycles. The third-order valence-electron chi connectivity index (χ3n) is 6.96. The van der Waals surface area contributed by atoms with Gasteiger partial charge in [0.1, 0.15) is 17.8 Å². The zero-order valence-electron chi connectivity index (χ0n) is 22.5. The molecule has 2 aliphatic rings. The number of sulfonamides is 1. The zero-order valence-corrected chi connectivity index (χ0v) is 23.3. The molecular formula is C27H34N4O8S. The van der Waals surface area contributed by atoms with Crippen LogP contribution in [0.25, 0.3) is 0 Å². The predicted molar refractivity (Wildman–Crippen MR) is 144 cm³/mol. The molecule has 2 heterocycles. The van der Waals surface area contributed by atoms with E-state index in [4.69, 9.17) is 14.2 Å². The van der Waals surface area contributed by atoms with Crippen LogP contribution in [-0.2, 0) is 35.5 Å². The number of methoxy groups -OCH3 is 2. The van der Waals surface area contributed by atoms with Crippen molar-refractivity contribution in [3.63, 3.8) is 0 Å². The van der Waals surface area contributed by atoms with Crippen molar-refractivity contribution in [2.24, 2.45) is 0 Å². The lowest BCUT2D eigenvalue weighted by Gasteiger charge is -2.42. The maximum Gasteiger partial charge on any atom is 0.328 e. The lowest BCUT2D eigenvalue weighted by Crippen LogP contribution is -2.65. The minimum Gasteiger partial charge on any atom is -0.497 e. The smallest absolute Gasteiger partial charge is 0.328 e. The van der Waals surface area contributed by atoms with Gasteiger partial charge in [-0.2, -0.15) is 4.31 Å². The number of ether oxygens (including phenoxy) is 3. The van der Waals surface area contributed by atoms with Crippen LogP contribution in [0, 0.1) is 0 Å². The first-order valence-electron chi connectivity index (χ1n) is 12.9. The molecule has 2 fully saturated rings. The van der Waals surface area contributed by atoms with E-state index >= 15 is 0 Å². The number of hydrogen-bond donors (Lipinski definition) is 1. The molecule has 12 nitrogen and oxygen atoms in total. The Balaban J connectivity index is 1.58. The summed E-state index contributed by atoms with van der Waals surface area (Å²) >= 11 is 0. The second kappa shape index (κ2) is 13.1. The molecule has 0 aliphatic carbocycles. The van der Waals surface area contributed by atoms with Gasteiger partial charge in [-0.05, 0) is 29.8 Å². The first-order valence-corrected chi connectivity index (χ1v) is 14.4. The van der Waals surface area contributed by atoms with Gasteiger partial charge >= 0.3 is 12.0 Å². The van der Waals surface area contributed by atoms with E-state index in [1.165, 1.54) is 28.4 Å². The predicted octanol–water partition coefficient (Wildman–Crippen LogP) is 0.723. The van der Waals surface area contributed by atoms with Crippen molar-refractivity contribution in [3.05, 3.63) is 60.2 Å². The molecule has 2 atom stereocenters. The molecule has 0 unspecified atom stereocenters. The molecule has 40 heavy (non-hydrogen) atoms. The summed E-state index contributed by atoms with van der Waals surface area (Å²) in [4.78, 5) is 42.9. The fourth-order valence-corrected chi connectivity index (χ4v) is 6.17. The first kappa shape index (κ1) is 29.3. The van der Waals surface area contributed by atoms with Gasteiger partial charge in [-0.15, -0.1) is 0 Å². The van der Waals surface area contributed by atoms with Crippen LogP contribution in [0.1, 0.15) is 5.56 Å². The van der Waals surface area contributed by atoms with Crippen molar-refractivity contribution in [3.8, 4) is 5.75 Å². The number of amides is 3. The number of benzene rings is 2. The maximum atomic E-state index is 13.7. The van der Waals surface area contributed by atoms with Crippen molar-refractivity contribution < 1.29 is 37.0 Å². The van der Waals surface area contributed by atoms with Gasteiger partial charge in [-0.3, -0.25) is 4.79 Å².